The molecule has 2 rings (SSSR count). The third-order valence-corrected chi connectivity index (χ3v) is 4.40. The summed E-state index contributed by atoms with van der Waals surface area (Å²) < 4.78 is 24.3. The van der Waals surface area contributed by atoms with Gasteiger partial charge in [-0.15, -0.1) is 12.6 Å². The maximum absolute atomic E-state index is 12.2. The van der Waals surface area contributed by atoms with E-state index in [4.69, 9.17) is 0 Å². The third kappa shape index (κ3) is 1.96. The first kappa shape index (κ1) is 11.2. The molecule has 0 spiro atoms. The fourth-order valence-electron chi connectivity index (χ4n) is 1.32. The number of hydrogen-bond donors (Lipinski definition) is 1. The van der Waals surface area contributed by atoms with Gasteiger partial charge in [0.2, 0.25) is 9.84 Å². The zero-order chi connectivity index (χ0) is 11.6. The topological polar surface area (TPSA) is 47.0 Å². The van der Waals surface area contributed by atoms with E-state index in [0.717, 1.165) is 0 Å². The van der Waals surface area contributed by atoms with Gasteiger partial charge >= 0.3 is 0 Å². The predicted octanol–water partition coefficient (Wildman–Crippen LogP) is 2.20. The number of pyridine rings is 1. The molecule has 3 nitrogen and oxygen atoms in total. The average Bonchev–Trinajstić information content (AvgIpc) is 2.30. The Bertz CT molecular complexity index is 594. The molecule has 2 aromatic rings. The highest BCUT2D eigenvalue weighted by atomic mass is 32.2. The standard InChI is InChI=1S/C11H9NO2S2/c13-16(14,9-5-2-1-3-6-9)10-7-4-8-12-11(10)15/h1-8H,(H,12,15). The monoisotopic (exact) mass is 251 g/mol. The highest BCUT2D eigenvalue weighted by molar-refractivity contribution is 7.92. The van der Waals surface area contributed by atoms with Crippen molar-refractivity contribution < 1.29 is 8.42 Å². The molecule has 1 aromatic heterocycles. The normalized spacial score (nSPS) is 11.3. The van der Waals surface area contributed by atoms with E-state index in [9.17, 15) is 8.42 Å². The van der Waals surface area contributed by atoms with Crippen LogP contribution in [0.25, 0.3) is 0 Å². The number of aromatic nitrogens is 1. The second kappa shape index (κ2) is 4.27. The van der Waals surface area contributed by atoms with Crippen LogP contribution < -0.4 is 0 Å². The molecule has 0 radical (unpaired) electrons. The summed E-state index contributed by atoms with van der Waals surface area (Å²) in [5.41, 5.74) is 0. The van der Waals surface area contributed by atoms with Gasteiger partial charge in [-0.1, -0.05) is 18.2 Å². The van der Waals surface area contributed by atoms with E-state index in [1.165, 1.54) is 12.3 Å². The van der Waals surface area contributed by atoms with Crippen LogP contribution in [0.2, 0.25) is 0 Å². The molecule has 5 heteroatoms. The summed E-state index contributed by atoms with van der Waals surface area (Å²) in [6, 6.07) is 11.3. The molecule has 0 atom stereocenters. The second-order valence-corrected chi connectivity index (χ2v) is 5.48. The number of thiol groups is 1. The van der Waals surface area contributed by atoms with E-state index in [2.05, 4.69) is 17.6 Å². The van der Waals surface area contributed by atoms with Gasteiger partial charge in [-0.3, -0.25) is 0 Å². The van der Waals surface area contributed by atoms with Crippen molar-refractivity contribution in [1.29, 1.82) is 0 Å². The van der Waals surface area contributed by atoms with Crippen molar-refractivity contribution in [3.8, 4) is 0 Å². The van der Waals surface area contributed by atoms with Gasteiger partial charge in [-0.05, 0) is 24.3 Å². The van der Waals surface area contributed by atoms with Crippen LogP contribution in [0.1, 0.15) is 0 Å². The predicted molar refractivity (Wildman–Crippen MR) is 63.4 cm³/mol. The van der Waals surface area contributed by atoms with E-state index < -0.39 is 9.84 Å². The molecule has 1 heterocycles. The van der Waals surface area contributed by atoms with Crippen LogP contribution in [0.3, 0.4) is 0 Å². The van der Waals surface area contributed by atoms with Crippen molar-refractivity contribution in [3.63, 3.8) is 0 Å². The summed E-state index contributed by atoms with van der Waals surface area (Å²) in [7, 11) is -3.51. The lowest BCUT2D eigenvalue weighted by atomic mass is 10.4. The van der Waals surface area contributed by atoms with Gasteiger partial charge in [0.25, 0.3) is 0 Å². The van der Waals surface area contributed by atoms with Crippen LogP contribution >= 0.6 is 12.6 Å². The lowest BCUT2D eigenvalue weighted by Crippen LogP contribution is -2.03. The van der Waals surface area contributed by atoms with Crippen LogP contribution in [0.15, 0.2) is 63.5 Å². The van der Waals surface area contributed by atoms with Crippen LogP contribution in [0.4, 0.5) is 0 Å². The van der Waals surface area contributed by atoms with Crippen molar-refractivity contribution in [2.24, 2.45) is 0 Å². The van der Waals surface area contributed by atoms with Crippen LogP contribution in [-0.4, -0.2) is 13.4 Å². The van der Waals surface area contributed by atoms with E-state index in [-0.39, 0.29) is 14.8 Å². The number of sulfone groups is 1. The van der Waals surface area contributed by atoms with Crippen LogP contribution in [-0.2, 0) is 9.84 Å². The van der Waals surface area contributed by atoms with Gasteiger partial charge in [0.1, 0.15) is 9.92 Å². The summed E-state index contributed by atoms with van der Waals surface area (Å²) in [5, 5.41) is 0.214. The molecule has 0 fully saturated rings. The summed E-state index contributed by atoms with van der Waals surface area (Å²) in [6.45, 7) is 0. The molecular weight excluding hydrogens is 242 g/mol. The fraction of sp³-hybridized carbons (Fsp3) is 0. The SMILES string of the molecule is O=S(=O)(c1ccccc1)c1cccnc1S. The summed E-state index contributed by atoms with van der Waals surface area (Å²) in [4.78, 5) is 4.23. The largest absolute Gasteiger partial charge is 0.249 e. The van der Waals surface area contributed by atoms with Crippen molar-refractivity contribution in [3.05, 3.63) is 48.7 Å². The Morgan fingerprint density at radius 3 is 2.31 bits per heavy atom. The molecule has 0 aliphatic rings. The highest BCUT2D eigenvalue weighted by Gasteiger charge is 2.19. The molecule has 82 valence electrons. The lowest BCUT2D eigenvalue weighted by molar-refractivity contribution is 0.593. The first-order chi connectivity index (χ1) is 7.62. The van der Waals surface area contributed by atoms with Crippen molar-refractivity contribution in [2.75, 3.05) is 0 Å². The molecule has 0 aliphatic heterocycles. The van der Waals surface area contributed by atoms with Gasteiger partial charge in [-0.2, -0.15) is 0 Å². The average molecular weight is 251 g/mol. The van der Waals surface area contributed by atoms with Crippen molar-refractivity contribution in [2.45, 2.75) is 14.8 Å². The Hall–Kier alpha value is -1.33. The Morgan fingerprint density at radius 1 is 1.00 bits per heavy atom. The van der Waals surface area contributed by atoms with E-state index in [0.29, 0.717) is 0 Å². The fourth-order valence-corrected chi connectivity index (χ4v) is 3.14. The Balaban J connectivity index is 2.62. The van der Waals surface area contributed by atoms with Crippen molar-refractivity contribution >= 4 is 22.5 Å². The van der Waals surface area contributed by atoms with E-state index in [1.807, 2.05) is 0 Å². The van der Waals surface area contributed by atoms with Gasteiger partial charge < -0.3 is 0 Å². The zero-order valence-corrected chi connectivity index (χ0v) is 9.95. The molecule has 0 saturated heterocycles. The lowest BCUT2D eigenvalue weighted by Gasteiger charge is -2.05. The number of hydrogen-bond acceptors (Lipinski definition) is 4. The maximum atomic E-state index is 12.2. The van der Waals surface area contributed by atoms with Gasteiger partial charge in [0, 0.05) is 6.20 Å². The van der Waals surface area contributed by atoms with Gasteiger partial charge in [0.15, 0.2) is 0 Å². The summed E-state index contributed by atoms with van der Waals surface area (Å²) >= 11 is 4.05. The molecule has 16 heavy (non-hydrogen) atoms. The van der Waals surface area contributed by atoms with Crippen molar-refractivity contribution in [1.82, 2.24) is 4.98 Å². The summed E-state index contributed by atoms with van der Waals surface area (Å²) in [6.07, 6.45) is 1.51. The summed E-state index contributed by atoms with van der Waals surface area (Å²) in [5.74, 6) is 0. The Morgan fingerprint density at radius 2 is 1.69 bits per heavy atom. The zero-order valence-electron chi connectivity index (χ0n) is 8.24. The molecule has 0 bridgehead atoms. The molecule has 0 aliphatic carbocycles. The number of benzene rings is 1. The molecule has 0 amide bonds. The maximum Gasteiger partial charge on any atom is 0.209 e. The van der Waals surface area contributed by atoms with E-state index >= 15 is 0 Å². The molecular formula is C11H9NO2S2. The Labute approximate surface area is 99.5 Å². The minimum Gasteiger partial charge on any atom is -0.249 e. The third-order valence-electron chi connectivity index (χ3n) is 2.09. The van der Waals surface area contributed by atoms with Crippen LogP contribution in [0, 0.1) is 0 Å². The second-order valence-electron chi connectivity index (χ2n) is 3.14. The first-order valence-corrected chi connectivity index (χ1v) is 6.49. The number of rotatable bonds is 2. The van der Waals surface area contributed by atoms with Gasteiger partial charge in [-0.25, -0.2) is 13.4 Å². The minimum atomic E-state index is -3.51. The molecule has 1 aromatic carbocycles. The molecule has 0 saturated carbocycles. The smallest absolute Gasteiger partial charge is 0.209 e. The molecule has 0 unspecified atom stereocenters. The number of nitrogens with zero attached hydrogens (tertiary/aromatic N) is 1. The highest BCUT2D eigenvalue weighted by Crippen LogP contribution is 2.24. The van der Waals surface area contributed by atoms with E-state index in [1.54, 1.807) is 36.4 Å². The first-order valence-electron chi connectivity index (χ1n) is 4.56. The Kier molecular flexibility index (Phi) is 2.98. The minimum absolute atomic E-state index is 0.129. The quantitative estimate of drug-likeness (QED) is 0.832. The van der Waals surface area contributed by atoms with Gasteiger partial charge in [0.05, 0.1) is 4.90 Å². The van der Waals surface area contributed by atoms with Crippen LogP contribution in [0.5, 0.6) is 0 Å². The molecule has 0 N–H and O–H groups in total.